The minimum absolute atomic E-state index is 0.114. The Morgan fingerprint density at radius 3 is 2.44 bits per heavy atom. The lowest BCUT2D eigenvalue weighted by atomic mass is 10.2. The van der Waals surface area contributed by atoms with E-state index >= 15 is 0 Å². The third-order valence-electron chi connectivity index (χ3n) is 2.82. The van der Waals surface area contributed by atoms with Crippen LogP contribution in [0, 0.1) is 5.92 Å². The molecule has 0 spiro atoms. The van der Waals surface area contributed by atoms with Crippen molar-refractivity contribution in [3.63, 3.8) is 0 Å². The Morgan fingerprint density at radius 2 is 2.00 bits per heavy atom. The topological polar surface area (TPSA) is 64.8 Å². The molecular formula is C10H17N3O2S. The van der Waals surface area contributed by atoms with Crippen LogP contribution in [0.15, 0.2) is 5.16 Å². The van der Waals surface area contributed by atoms with Crippen molar-refractivity contribution in [3.8, 4) is 0 Å². The lowest BCUT2D eigenvalue weighted by Gasteiger charge is -2.06. The summed E-state index contributed by atoms with van der Waals surface area (Å²) in [6.07, 6.45) is 2.04. The van der Waals surface area contributed by atoms with Gasteiger partial charge >= 0.3 is 0 Å². The zero-order valence-corrected chi connectivity index (χ0v) is 10.7. The number of rotatable bonds is 4. The molecule has 0 N–H and O–H groups in total. The van der Waals surface area contributed by atoms with Gasteiger partial charge in [-0.25, -0.2) is 8.42 Å². The Bertz CT molecular complexity index is 486. The quantitative estimate of drug-likeness (QED) is 0.795. The summed E-state index contributed by atoms with van der Waals surface area (Å²) < 4.78 is 25.6. The normalized spacial score (nSPS) is 17.0. The van der Waals surface area contributed by atoms with E-state index in [-0.39, 0.29) is 16.8 Å². The molecule has 0 atom stereocenters. The van der Waals surface area contributed by atoms with Crippen molar-refractivity contribution in [2.45, 2.75) is 37.8 Å². The van der Waals surface area contributed by atoms with E-state index in [4.69, 9.17) is 0 Å². The van der Waals surface area contributed by atoms with Crippen LogP contribution in [0.25, 0.3) is 0 Å². The minimum atomic E-state index is -3.25. The fourth-order valence-corrected chi connectivity index (χ4v) is 3.55. The van der Waals surface area contributed by atoms with Crippen molar-refractivity contribution >= 4 is 9.84 Å². The van der Waals surface area contributed by atoms with E-state index < -0.39 is 9.84 Å². The highest BCUT2D eigenvalue weighted by Crippen LogP contribution is 2.32. The van der Waals surface area contributed by atoms with Crippen molar-refractivity contribution in [3.05, 3.63) is 5.82 Å². The first-order valence-corrected chi connectivity index (χ1v) is 7.19. The third kappa shape index (κ3) is 2.11. The number of hydrogen-bond acceptors (Lipinski definition) is 4. The molecule has 1 aliphatic carbocycles. The highest BCUT2D eigenvalue weighted by atomic mass is 32.2. The predicted molar refractivity (Wildman–Crippen MR) is 59.9 cm³/mol. The van der Waals surface area contributed by atoms with Crippen LogP contribution in [0.5, 0.6) is 0 Å². The molecule has 0 radical (unpaired) electrons. The van der Waals surface area contributed by atoms with Gasteiger partial charge in [-0.3, -0.25) is 0 Å². The molecule has 0 aliphatic heterocycles. The summed E-state index contributed by atoms with van der Waals surface area (Å²) in [5.74, 6) is 1.46. The van der Waals surface area contributed by atoms with Crippen LogP contribution in [0.2, 0.25) is 0 Å². The van der Waals surface area contributed by atoms with Crippen molar-refractivity contribution in [1.29, 1.82) is 0 Å². The molecule has 0 unspecified atom stereocenters. The van der Waals surface area contributed by atoms with E-state index in [0.717, 1.165) is 18.7 Å². The van der Waals surface area contributed by atoms with Crippen LogP contribution in [0.1, 0.15) is 38.4 Å². The summed E-state index contributed by atoms with van der Waals surface area (Å²) in [5, 5.41) is 7.87. The molecule has 90 valence electrons. The van der Waals surface area contributed by atoms with Gasteiger partial charge in [0, 0.05) is 13.0 Å². The molecule has 1 aliphatic rings. The van der Waals surface area contributed by atoms with Crippen LogP contribution < -0.4 is 0 Å². The van der Waals surface area contributed by atoms with E-state index in [0.29, 0.717) is 5.92 Å². The van der Waals surface area contributed by atoms with Gasteiger partial charge in [-0.1, -0.05) is 13.8 Å². The highest BCUT2D eigenvalue weighted by Gasteiger charge is 2.32. The smallest absolute Gasteiger partial charge is 0.249 e. The van der Waals surface area contributed by atoms with Gasteiger partial charge in [-0.2, -0.15) is 0 Å². The second kappa shape index (κ2) is 3.84. The first-order valence-electron chi connectivity index (χ1n) is 5.54. The molecule has 0 bridgehead atoms. The largest absolute Gasteiger partial charge is 0.305 e. The maximum absolute atomic E-state index is 12.0. The van der Waals surface area contributed by atoms with Crippen LogP contribution in [0.4, 0.5) is 0 Å². The summed E-state index contributed by atoms with van der Waals surface area (Å²) in [4.78, 5) is 0. The molecule has 0 saturated heterocycles. The second-order valence-electron chi connectivity index (χ2n) is 4.78. The summed E-state index contributed by atoms with van der Waals surface area (Å²) in [6.45, 7) is 3.95. The summed E-state index contributed by atoms with van der Waals surface area (Å²) in [7, 11) is -1.53. The molecule has 16 heavy (non-hydrogen) atoms. The van der Waals surface area contributed by atoms with E-state index in [1.165, 1.54) is 0 Å². The summed E-state index contributed by atoms with van der Waals surface area (Å²) >= 11 is 0. The number of hydrogen-bond donors (Lipinski definition) is 0. The number of nitrogens with zero attached hydrogens (tertiary/aromatic N) is 3. The van der Waals surface area contributed by atoms with Crippen molar-refractivity contribution in [2.24, 2.45) is 13.0 Å². The van der Waals surface area contributed by atoms with Gasteiger partial charge in [0.15, 0.2) is 0 Å². The maximum atomic E-state index is 12.0. The monoisotopic (exact) mass is 243 g/mol. The third-order valence-corrected chi connectivity index (χ3v) is 4.64. The average Bonchev–Trinajstić information content (AvgIpc) is 2.84. The zero-order valence-electron chi connectivity index (χ0n) is 9.84. The van der Waals surface area contributed by atoms with Gasteiger partial charge in [0.05, 0.1) is 5.75 Å². The molecule has 2 rings (SSSR count). The van der Waals surface area contributed by atoms with Gasteiger partial charge in [0.1, 0.15) is 5.82 Å². The molecule has 1 saturated carbocycles. The van der Waals surface area contributed by atoms with Crippen molar-refractivity contribution in [1.82, 2.24) is 14.8 Å². The Hall–Kier alpha value is -0.910. The molecular weight excluding hydrogens is 226 g/mol. The molecule has 0 aromatic carbocycles. The van der Waals surface area contributed by atoms with Crippen LogP contribution >= 0.6 is 0 Å². The Morgan fingerprint density at radius 1 is 1.38 bits per heavy atom. The fraction of sp³-hybridized carbons (Fsp3) is 0.800. The van der Waals surface area contributed by atoms with E-state index in [2.05, 4.69) is 10.2 Å². The Labute approximate surface area is 95.8 Å². The first kappa shape index (κ1) is 11.6. The van der Waals surface area contributed by atoms with Gasteiger partial charge in [-0.15, -0.1) is 10.2 Å². The van der Waals surface area contributed by atoms with Crippen molar-refractivity contribution < 1.29 is 8.42 Å². The van der Waals surface area contributed by atoms with Crippen LogP contribution in [-0.4, -0.2) is 28.9 Å². The van der Waals surface area contributed by atoms with Gasteiger partial charge < -0.3 is 4.57 Å². The molecule has 0 amide bonds. The molecule has 6 heteroatoms. The average molecular weight is 243 g/mol. The Kier molecular flexibility index (Phi) is 2.77. The maximum Gasteiger partial charge on any atom is 0.249 e. The summed E-state index contributed by atoms with van der Waals surface area (Å²) in [6, 6.07) is 0. The number of sulfone groups is 1. The van der Waals surface area contributed by atoms with Crippen LogP contribution in [-0.2, 0) is 16.9 Å². The lowest BCUT2D eigenvalue weighted by Crippen LogP contribution is -2.14. The van der Waals surface area contributed by atoms with E-state index in [1.54, 1.807) is 11.6 Å². The first-order chi connectivity index (χ1) is 7.42. The highest BCUT2D eigenvalue weighted by molar-refractivity contribution is 7.91. The van der Waals surface area contributed by atoms with Crippen molar-refractivity contribution in [2.75, 3.05) is 5.75 Å². The fourth-order valence-electron chi connectivity index (χ4n) is 1.77. The van der Waals surface area contributed by atoms with Gasteiger partial charge in [0.2, 0.25) is 15.0 Å². The minimum Gasteiger partial charge on any atom is -0.305 e. The molecule has 1 aromatic rings. The molecule has 5 nitrogen and oxygen atoms in total. The number of aromatic nitrogens is 3. The van der Waals surface area contributed by atoms with Gasteiger partial charge in [-0.05, 0) is 18.8 Å². The SMILES string of the molecule is CC(C)c1nnc(S(=O)(=O)CC2CC2)n1C. The lowest BCUT2D eigenvalue weighted by molar-refractivity contribution is 0.570. The molecule has 1 aromatic heterocycles. The van der Waals surface area contributed by atoms with E-state index in [9.17, 15) is 8.42 Å². The zero-order chi connectivity index (χ0) is 11.9. The van der Waals surface area contributed by atoms with E-state index in [1.807, 2.05) is 13.8 Å². The standard InChI is InChI=1S/C10H17N3O2S/c1-7(2)9-11-12-10(13(9)3)16(14,15)6-8-4-5-8/h7-8H,4-6H2,1-3H3. The molecule has 1 fully saturated rings. The van der Waals surface area contributed by atoms with Gasteiger partial charge in [0.25, 0.3) is 0 Å². The van der Waals surface area contributed by atoms with Crippen LogP contribution in [0.3, 0.4) is 0 Å². The summed E-state index contributed by atoms with van der Waals surface area (Å²) in [5.41, 5.74) is 0. The molecule has 1 heterocycles. The predicted octanol–water partition coefficient (Wildman–Crippen LogP) is 1.12. The Balaban J connectivity index is 2.32. The second-order valence-corrected chi connectivity index (χ2v) is 6.71.